The van der Waals surface area contributed by atoms with Gasteiger partial charge in [-0.2, -0.15) is 0 Å². The molecule has 0 aliphatic carbocycles. The molecule has 4 aromatic carbocycles. The summed E-state index contributed by atoms with van der Waals surface area (Å²) in [5.74, 6) is -4.39. The zero-order valence-electron chi connectivity index (χ0n) is 43.3. The first-order valence-electron chi connectivity index (χ1n) is 26.2. The van der Waals surface area contributed by atoms with Crippen LogP contribution in [0, 0.1) is 17.0 Å². The summed E-state index contributed by atoms with van der Waals surface area (Å²) >= 11 is 0. The minimum Gasteiger partial charge on any atom is -0.398 e. The maximum absolute atomic E-state index is 13.9. The SMILES string of the molecule is N=C(NC(=O)c1ccc(N2CCN(CC(=O)NCCOCCOCCOCCOCCNc3ccc4c(c3)C(=O)N(C3CCC(=O)NC3=O)C4=O)CC2)cc1NC1CCOCC1)c1cc(Cc2cc(F)cc(F)c2)ccc1N. The summed E-state index contributed by atoms with van der Waals surface area (Å²) in [6.07, 6.45) is 1.87. The van der Waals surface area contributed by atoms with Gasteiger partial charge in [0, 0.05) is 99.3 Å². The number of nitrogens with one attached hydrogen (secondary N) is 6. The molecule has 21 nitrogen and oxygen atoms in total. The molecule has 0 spiro atoms. The number of piperidine rings is 1. The number of benzene rings is 4. The fourth-order valence-corrected chi connectivity index (χ4v) is 9.53. The Hall–Kier alpha value is -7.41. The number of carbonyl (C=O) groups excluding carboxylic acids is 6. The Kier molecular flexibility index (Phi) is 20.2. The van der Waals surface area contributed by atoms with Crippen molar-refractivity contribution in [3.05, 3.63) is 118 Å². The van der Waals surface area contributed by atoms with Gasteiger partial charge in [-0.3, -0.25) is 49.3 Å². The summed E-state index contributed by atoms with van der Waals surface area (Å²) in [5.41, 5.74) is 10.8. The summed E-state index contributed by atoms with van der Waals surface area (Å²) < 4.78 is 55.7. The van der Waals surface area contributed by atoms with Gasteiger partial charge in [0.25, 0.3) is 17.7 Å². The van der Waals surface area contributed by atoms with Gasteiger partial charge in [-0.1, -0.05) is 6.07 Å². The Morgan fingerprint density at radius 2 is 1.38 bits per heavy atom. The number of hydrogen-bond acceptors (Lipinski definition) is 17. The summed E-state index contributed by atoms with van der Waals surface area (Å²) in [4.78, 5) is 81.7. The molecule has 4 aliphatic heterocycles. The normalized spacial score (nSPS) is 17.0. The molecule has 0 radical (unpaired) electrons. The molecule has 3 fully saturated rings. The molecule has 4 aromatic rings. The predicted molar refractivity (Wildman–Crippen MR) is 285 cm³/mol. The van der Waals surface area contributed by atoms with Crippen molar-refractivity contribution in [2.24, 2.45) is 0 Å². The minimum atomic E-state index is -1.02. The second kappa shape index (κ2) is 27.8. The van der Waals surface area contributed by atoms with E-state index < -0.39 is 47.2 Å². The van der Waals surface area contributed by atoms with E-state index in [4.69, 9.17) is 34.8 Å². The molecule has 8 N–H and O–H groups in total. The van der Waals surface area contributed by atoms with Gasteiger partial charge in [0.1, 0.15) is 23.5 Å². The molecular weight excluding hydrogens is 1010 g/mol. The van der Waals surface area contributed by atoms with Crippen LogP contribution in [0.5, 0.6) is 0 Å². The van der Waals surface area contributed by atoms with Crippen LogP contribution in [0.1, 0.15) is 73.4 Å². The lowest BCUT2D eigenvalue weighted by Crippen LogP contribution is -2.54. The number of ether oxygens (including phenoxy) is 5. The number of piperazine rings is 1. The van der Waals surface area contributed by atoms with Gasteiger partial charge in [0.05, 0.1) is 76.1 Å². The van der Waals surface area contributed by atoms with E-state index in [0.717, 1.165) is 29.5 Å². The van der Waals surface area contributed by atoms with Gasteiger partial charge < -0.3 is 55.6 Å². The summed E-state index contributed by atoms with van der Waals surface area (Å²) in [7, 11) is 0. The largest absolute Gasteiger partial charge is 0.398 e. The molecule has 6 amide bonds. The van der Waals surface area contributed by atoms with E-state index >= 15 is 0 Å². The number of amides is 6. The fourth-order valence-electron chi connectivity index (χ4n) is 9.53. The molecule has 23 heteroatoms. The maximum Gasteiger partial charge on any atom is 0.262 e. The van der Waals surface area contributed by atoms with Crippen molar-refractivity contribution in [3.63, 3.8) is 0 Å². The lowest BCUT2D eigenvalue weighted by Gasteiger charge is -2.36. The first-order chi connectivity index (χ1) is 37.8. The number of amidine groups is 1. The summed E-state index contributed by atoms with van der Waals surface area (Å²) in [6.45, 7) is 7.75. The van der Waals surface area contributed by atoms with Gasteiger partial charge in [0.2, 0.25) is 17.7 Å². The number of nitrogens with two attached hydrogens (primary N) is 1. The molecule has 0 aromatic heterocycles. The number of hydrogen-bond donors (Lipinski definition) is 7. The zero-order chi connectivity index (χ0) is 55.0. The van der Waals surface area contributed by atoms with Gasteiger partial charge in [0.15, 0.2) is 0 Å². The van der Waals surface area contributed by atoms with Crippen LogP contribution in [-0.2, 0) is 44.5 Å². The quantitative estimate of drug-likeness (QED) is 0.0156. The van der Waals surface area contributed by atoms with Gasteiger partial charge in [-0.25, -0.2) is 8.78 Å². The van der Waals surface area contributed by atoms with Crippen molar-refractivity contribution >= 4 is 64.0 Å². The number of fused-ring (bicyclic) bond motifs is 1. The van der Waals surface area contributed by atoms with Crippen LogP contribution >= 0.6 is 0 Å². The van der Waals surface area contributed by atoms with Gasteiger partial charge >= 0.3 is 0 Å². The number of rotatable bonds is 26. The second-order valence-corrected chi connectivity index (χ2v) is 19.2. The number of anilines is 4. The van der Waals surface area contributed by atoms with Crippen molar-refractivity contribution in [2.45, 2.75) is 44.2 Å². The predicted octanol–water partition coefficient (Wildman–Crippen LogP) is 3.30. The maximum atomic E-state index is 13.9. The van der Waals surface area contributed by atoms with Crippen LogP contribution in [0.15, 0.2) is 72.8 Å². The van der Waals surface area contributed by atoms with E-state index in [0.29, 0.717) is 133 Å². The Balaban J connectivity index is 0.665. The van der Waals surface area contributed by atoms with Crippen LogP contribution in [0.3, 0.4) is 0 Å². The molecular formula is C55H66F2N10O11. The van der Waals surface area contributed by atoms with Crippen LogP contribution in [0.4, 0.5) is 31.5 Å². The Morgan fingerprint density at radius 1 is 0.718 bits per heavy atom. The van der Waals surface area contributed by atoms with Crippen molar-refractivity contribution < 1.29 is 61.2 Å². The Morgan fingerprint density at radius 3 is 2.08 bits per heavy atom. The number of nitrogen functional groups attached to an aromatic ring is 1. The first-order valence-corrected chi connectivity index (χ1v) is 26.2. The summed E-state index contributed by atoms with van der Waals surface area (Å²) in [5, 5.41) is 23.3. The van der Waals surface area contributed by atoms with Crippen LogP contribution in [0.25, 0.3) is 0 Å². The highest BCUT2D eigenvalue weighted by Crippen LogP contribution is 2.31. The molecule has 0 saturated carbocycles. The van der Waals surface area contributed by atoms with E-state index in [1.54, 1.807) is 42.5 Å². The molecule has 4 heterocycles. The lowest BCUT2D eigenvalue weighted by atomic mass is 10.0. The van der Waals surface area contributed by atoms with Crippen molar-refractivity contribution in [3.8, 4) is 0 Å². The summed E-state index contributed by atoms with van der Waals surface area (Å²) in [6, 6.07) is 17.7. The average Bonchev–Trinajstić information content (AvgIpc) is 3.80. The van der Waals surface area contributed by atoms with E-state index in [1.807, 2.05) is 12.1 Å². The van der Waals surface area contributed by atoms with Crippen molar-refractivity contribution in [1.82, 2.24) is 25.8 Å². The van der Waals surface area contributed by atoms with E-state index in [-0.39, 0.29) is 66.0 Å². The third-order valence-corrected chi connectivity index (χ3v) is 13.6. The van der Waals surface area contributed by atoms with Gasteiger partial charge in [-0.15, -0.1) is 0 Å². The molecule has 1 unspecified atom stereocenters. The number of imide groups is 2. The molecule has 78 heavy (non-hydrogen) atoms. The monoisotopic (exact) mass is 1080 g/mol. The third-order valence-electron chi connectivity index (χ3n) is 13.6. The topological polar surface area (TPSA) is 268 Å². The highest BCUT2D eigenvalue weighted by Gasteiger charge is 2.44. The smallest absolute Gasteiger partial charge is 0.262 e. The number of halogens is 2. The third kappa shape index (κ3) is 15.6. The van der Waals surface area contributed by atoms with E-state index in [1.165, 1.54) is 12.1 Å². The zero-order valence-corrected chi connectivity index (χ0v) is 43.3. The molecule has 4 aliphatic rings. The number of nitrogens with zero attached hydrogens (tertiary/aromatic N) is 3. The highest BCUT2D eigenvalue weighted by atomic mass is 19.1. The van der Waals surface area contributed by atoms with Crippen LogP contribution < -0.4 is 37.2 Å². The molecule has 416 valence electrons. The van der Waals surface area contributed by atoms with Crippen LogP contribution in [-0.4, -0.2) is 175 Å². The molecule has 1 atom stereocenters. The Labute approximate surface area is 450 Å². The lowest BCUT2D eigenvalue weighted by molar-refractivity contribution is -0.136. The fraction of sp³-hybridized carbons (Fsp3) is 0.436. The second-order valence-electron chi connectivity index (χ2n) is 19.2. The van der Waals surface area contributed by atoms with Crippen molar-refractivity contribution in [2.75, 3.05) is 133 Å². The standard InChI is InChI=1S/C55H66F2N10O11/c56-37-28-36(29-38(57)31-37)27-35-1-6-46(58)45(30-35)51(59)64-52(70)43-5-3-41(33-47(43)62-39-9-17-74-18-10-39)66-15-13-65(14-16-66)34-50(69)61-12-20-76-22-24-78-26-25-77-23-21-75-19-11-60-40-2-4-42-44(32-40)55(73)67(54(42)72)48-7-8-49(68)63-53(48)71/h1-6,28-33,39,48,60,62H,7-27,34,58H2,(H,61,69)(H2,59,64,70)(H,63,68,71). The minimum absolute atomic E-state index is 0.0548. The molecule has 8 rings (SSSR count). The molecule has 3 saturated heterocycles. The van der Waals surface area contributed by atoms with Gasteiger partial charge in [-0.05, 0) is 97.5 Å². The Bertz CT molecular complexity index is 2810. The van der Waals surface area contributed by atoms with Crippen molar-refractivity contribution in [1.29, 1.82) is 5.41 Å². The van der Waals surface area contributed by atoms with E-state index in [2.05, 4.69) is 36.4 Å². The van der Waals surface area contributed by atoms with E-state index in [9.17, 15) is 37.5 Å². The van der Waals surface area contributed by atoms with Crippen LogP contribution in [0.2, 0.25) is 0 Å². The first kappa shape index (κ1) is 56.8. The average molecular weight is 1080 g/mol. The highest BCUT2D eigenvalue weighted by molar-refractivity contribution is 6.23. The molecule has 0 bridgehead atoms. The number of carbonyl (C=O) groups is 6.